The maximum absolute atomic E-state index is 12.6. The Kier molecular flexibility index (Phi) is 4.34. The van der Waals surface area contributed by atoms with Gasteiger partial charge in [0.1, 0.15) is 0 Å². The Hall–Kier alpha value is -1.10. The van der Waals surface area contributed by atoms with Gasteiger partial charge in [0.05, 0.1) is 11.8 Å². The molecule has 1 saturated carbocycles. The van der Waals surface area contributed by atoms with Crippen LogP contribution in [-0.2, 0) is 9.59 Å². The van der Waals surface area contributed by atoms with Gasteiger partial charge in [-0.2, -0.15) is 0 Å². The zero-order chi connectivity index (χ0) is 15.9. The molecule has 0 spiro atoms. The van der Waals surface area contributed by atoms with Crippen LogP contribution < -0.4 is 0 Å². The van der Waals surface area contributed by atoms with Crippen molar-refractivity contribution < 1.29 is 14.7 Å². The molecule has 0 radical (unpaired) electrons. The minimum Gasteiger partial charge on any atom is -0.481 e. The Morgan fingerprint density at radius 1 is 1.19 bits per heavy atom. The molecule has 2 rings (SSSR count). The SMILES string of the molecule is CC(C)N1CCC(N(C)C(=O)C2C(C(=O)O)C2(C)C)CC1. The summed E-state index contributed by atoms with van der Waals surface area (Å²) in [4.78, 5) is 28.1. The lowest BCUT2D eigenvalue weighted by molar-refractivity contribution is -0.142. The third kappa shape index (κ3) is 2.93. The van der Waals surface area contributed by atoms with Crippen molar-refractivity contribution in [1.29, 1.82) is 0 Å². The van der Waals surface area contributed by atoms with Gasteiger partial charge in [0, 0.05) is 32.2 Å². The molecule has 120 valence electrons. The highest BCUT2D eigenvalue weighted by Gasteiger charge is 2.66. The van der Waals surface area contributed by atoms with E-state index in [-0.39, 0.29) is 17.9 Å². The molecule has 2 fully saturated rings. The van der Waals surface area contributed by atoms with Crippen LogP contribution in [0.15, 0.2) is 0 Å². The van der Waals surface area contributed by atoms with E-state index in [2.05, 4.69) is 18.7 Å². The van der Waals surface area contributed by atoms with Crippen LogP contribution in [0.4, 0.5) is 0 Å². The molecule has 1 aliphatic heterocycles. The van der Waals surface area contributed by atoms with Crippen molar-refractivity contribution in [3.05, 3.63) is 0 Å². The number of carbonyl (C=O) groups excluding carboxylic acids is 1. The third-order valence-corrected chi connectivity index (χ3v) is 5.48. The summed E-state index contributed by atoms with van der Waals surface area (Å²) < 4.78 is 0. The maximum Gasteiger partial charge on any atom is 0.307 e. The second-order valence-corrected chi connectivity index (χ2v) is 7.42. The molecule has 1 amide bonds. The van der Waals surface area contributed by atoms with Crippen LogP contribution in [-0.4, -0.2) is 59.0 Å². The average molecular weight is 296 g/mol. The molecule has 2 unspecified atom stereocenters. The summed E-state index contributed by atoms with van der Waals surface area (Å²) in [5, 5.41) is 9.22. The molecule has 2 atom stereocenters. The Morgan fingerprint density at radius 3 is 2.10 bits per heavy atom. The molecule has 5 heteroatoms. The van der Waals surface area contributed by atoms with Gasteiger partial charge in [0.2, 0.25) is 5.91 Å². The fraction of sp³-hybridized carbons (Fsp3) is 0.875. The highest BCUT2D eigenvalue weighted by atomic mass is 16.4. The predicted octanol–water partition coefficient (Wildman–Crippen LogP) is 1.67. The number of hydrogen-bond donors (Lipinski definition) is 1. The molecular formula is C16H28N2O3. The monoisotopic (exact) mass is 296 g/mol. The molecule has 1 saturated heterocycles. The van der Waals surface area contributed by atoms with Crippen LogP contribution >= 0.6 is 0 Å². The fourth-order valence-electron chi connectivity index (χ4n) is 3.75. The Bertz CT molecular complexity index is 425. The van der Waals surface area contributed by atoms with Crippen molar-refractivity contribution in [1.82, 2.24) is 9.80 Å². The maximum atomic E-state index is 12.6. The van der Waals surface area contributed by atoms with Gasteiger partial charge in [0.15, 0.2) is 0 Å². The quantitative estimate of drug-likeness (QED) is 0.857. The second kappa shape index (κ2) is 5.59. The smallest absolute Gasteiger partial charge is 0.307 e. The molecular weight excluding hydrogens is 268 g/mol. The van der Waals surface area contributed by atoms with Crippen molar-refractivity contribution >= 4 is 11.9 Å². The van der Waals surface area contributed by atoms with Crippen molar-refractivity contribution in [2.24, 2.45) is 17.3 Å². The van der Waals surface area contributed by atoms with Crippen LogP contribution in [0, 0.1) is 17.3 Å². The van der Waals surface area contributed by atoms with E-state index in [1.807, 2.05) is 25.8 Å². The third-order valence-electron chi connectivity index (χ3n) is 5.48. The number of rotatable bonds is 4. The molecule has 0 aromatic rings. The lowest BCUT2D eigenvalue weighted by Crippen LogP contribution is -2.48. The van der Waals surface area contributed by atoms with Crippen molar-refractivity contribution in [2.75, 3.05) is 20.1 Å². The molecule has 0 aromatic heterocycles. The second-order valence-electron chi connectivity index (χ2n) is 7.42. The number of nitrogens with zero attached hydrogens (tertiary/aromatic N) is 2. The van der Waals surface area contributed by atoms with Crippen LogP contribution in [0.3, 0.4) is 0 Å². The van der Waals surface area contributed by atoms with Crippen LogP contribution in [0.25, 0.3) is 0 Å². The van der Waals surface area contributed by atoms with Gasteiger partial charge >= 0.3 is 5.97 Å². The average Bonchev–Trinajstić information content (AvgIpc) is 3.00. The van der Waals surface area contributed by atoms with Crippen molar-refractivity contribution in [3.8, 4) is 0 Å². The summed E-state index contributed by atoms with van der Waals surface area (Å²) in [5.41, 5.74) is -0.407. The van der Waals surface area contributed by atoms with E-state index < -0.39 is 17.3 Å². The van der Waals surface area contributed by atoms with E-state index in [9.17, 15) is 14.7 Å². The number of amides is 1. The summed E-state index contributed by atoms with van der Waals surface area (Å²) in [7, 11) is 1.84. The summed E-state index contributed by atoms with van der Waals surface area (Å²) in [6.45, 7) is 10.2. The highest BCUT2D eigenvalue weighted by Crippen LogP contribution is 2.59. The molecule has 1 heterocycles. The minimum atomic E-state index is -0.846. The molecule has 21 heavy (non-hydrogen) atoms. The van der Waals surface area contributed by atoms with Gasteiger partial charge in [-0.25, -0.2) is 0 Å². The first-order chi connectivity index (χ1) is 9.67. The lowest BCUT2D eigenvalue weighted by atomic mass is 10.0. The molecule has 2 aliphatic rings. The topological polar surface area (TPSA) is 60.9 Å². The molecule has 1 aliphatic carbocycles. The molecule has 0 bridgehead atoms. The number of carboxylic acids is 1. The summed E-state index contributed by atoms with van der Waals surface area (Å²) in [5.74, 6) is -1.72. The van der Waals surface area contributed by atoms with E-state index in [4.69, 9.17) is 0 Å². The van der Waals surface area contributed by atoms with Crippen LogP contribution in [0.2, 0.25) is 0 Å². The van der Waals surface area contributed by atoms with Gasteiger partial charge in [-0.15, -0.1) is 0 Å². The first-order valence-corrected chi connectivity index (χ1v) is 7.91. The van der Waals surface area contributed by atoms with Gasteiger partial charge < -0.3 is 14.9 Å². The first-order valence-electron chi connectivity index (χ1n) is 7.91. The molecule has 5 nitrogen and oxygen atoms in total. The first kappa shape index (κ1) is 16.3. The number of carbonyl (C=O) groups is 2. The van der Waals surface area contributed by atoms with Gasteiger partial charge in [-0.05, 0) is 32.1 Å². The lowest BCUT2D eigenvalue weighted by Gasteiger charge is -2.38. The van der Waals surface area contributed by atoms with Gasteiger partial charge in [-0.1, -0.05) is 13.8 Å². The highest BCUT2D eigenvalue weighted by molar-refractivity contribution is 5.91. The van der Waals surface area contributed by atoms with Crippen LogP contribution in [0.5, 0.6) is 0 Å². The van der Waals surface area contributed by atoms with Gasteiger partial charge in [-0.3, -0.25) is 9.59 Å². The van der Waals surface area contributed by atoms with E-state index >= 15 is 0 Å². The van der Waals surface area contributed by atoms with Crippen LogP contribution in [0.1, 0.15) is 40.5 Å². The zero-order valence-electron chi connectivity index (χ0n) is 13.8. The zero-order valence-corrected chi connectivity index (χ0v) is 13.8. The van der Waals surface area contributed by atoms with E-state index in [0.717, 1.165) is 25.9 Å². The summed E-state index contributed by atoms with van der Waals surface area (Å²) >= 11 is 0. The number of likely N-dealkylation sites (tertiary alicyclic amines) is 1. The normalized spacial score (nSPS) is 29.4. The minimum absolute atomic E-state index is 0.00963. The molecule has 1 N–H and O–H groups in total. The standard InChI is InChI=1S/C16H28N2O3/c1-10(2)18-8-6-11(7-9-18)17(5)14(19)12-13(15(20)21)16(12,3)4/h10-13H,6-9H2,1-5H3,(H,20,21). The Balaban J connectivity index is 1.94. The van der Waals surface area contributed by atoms with E-state index in [1.165, 1.54) is 0 Å². The summed E-state index contributed by atoms with van der Waals surface area (Å²) in [6.07, 6.45) is 1.95. The number of carboxylic acid groups (broad SMARTS) is 1. The molecule has 0 aromatic carbocycles. The summed E-state index contributed by atoms with van der Waals surface area (Å²) in [6, 6.07) is 0.795. The number of piperidine rings is 1. The number of hydrogen-bond acceptors (Lipinski definition) is 3. The van der Waals surface area contributed by atoms with E-state index in [0.29, 0.717) is 6.04 Å². The van der Waals surface area contributed by atoms with Crippen molar-refractivity contribution in [2.45, 2.75) is 52.6 Å². The van der Waals surface area contributed by atoms with E-state index in [1.54, 1.807) is 0 Å². The largest absolute Gasteiger partial charge is 0.481 e. The predicted molar refractivity (Wildman–Crippen MR) is 80.9 cm³/mol. The van der Waals surface area contributed by atoms with Crippen molar-refractivity contribution in [3.63, 3.8) is 0 Å². The Labute approximate surface area is 127 Å². The van der Waals surface area contributed by atoms with Gasteiger partial charge in [0.25, 0.3) is 0 Å². The Morgan fingerprint density at radius 2 is 1.71 bits per heavy atom. The number of aliphatic carboxylic acids is 1. The fourth-order valence-corrected chi connectivity index (χ4v) is 3.75.